The van der Waals surface area contributed by atoms with Crippen molar-refractivity contribution in [2.24, 2.45) is 0 Å². The second-order valence-corrected chi connectivity index (χ2v) is 5.20. The fraction of sp³-hybridized carbons (Fsp3) is 0.444. The molecule has 1 fully saturated rings. The van der Waals surface area contributed by atoms with Crippen LogP contribution in [0.2, 0.25) is 0 Å². The van der Waals surface area contributed by atoms with E-state index in [0.29, 0.717) is 13.2 Å². The van der Waals surface area contributed by atoms with Crippen molar-refractivity contribution in [3.8, 4) is 0 Å². The molecule has 0 unspecified atom stereocenters. The highest BCUT2D eigenvalue weighted by atomic mass is 32.2. The lowest BCUT2D eigenvalue weighted by Gasteiger charge is -2.25. The number of nitrogens with zero attached hydrogens (tertiary/aromatic N) is 2. The zero-order valence-electron chi connectivity index (χ0n) is 8.47. The summed E-state index contributed by atoms with van der Waals surface area (Å²) in [5.41, 5.74) is 0. The zero-order chi connectivity index (χ0) is 11.6. The average Bonchev–Trinajstić information content (AvgIpc) is 2.30. The van der Waals surface area contributed by atoms with Crippen LogP contribution in [0.25, 0.3) is 0 Å². The van der Waals surface area contributed by atoms with Crippen LogP contribution in [0.3, 0.4) is 0 Å². The first-order chi connectivity index (χ1) is 7.60. The smallest absolute Gasteiger partial charge is 0.260 e. The highest BCUT2D eigenvalue weighted by Gasteiger charge is 2.27. The Hall–Kier alpha value is -1.05. The van der Waals surface area contributed by atoms with Crippen LogP contribution in [0.5, 0.6) is 0 Å². The fourth-order valence-electron chi connectivity index (χ4n) is 1.45. The van der Waals surface area contributed by atoms with Crippen molar-refractivity contribution in [1.82, 2.24) is 9.29 Å². The van der Waals surface area contributed by atoms with Crippen molar-refractivity contribution in [3.05, 3.63) is 24.1 Å². The standard InChI is InChI=1S/C9H11FN2O3S/c10-8-2-1-3-9(11-8)16(13,14)12-4-6-15-7-5-12/h1-3H,4-7H2. The van der Waals surface area contributed by atoms with Crippen molar-refractivity contribution in [2.45, 2.75) is 5.03 Å². The number of aromatic nitrogens is 1. The van der Waals surface area contributed by atoms with Gasteiger partial charge in [-0.3, -0.25) is 0 Å². The maximum Gasteiger partial charge on any atom is 0.260 e. The van der Waals surface area contributed by atoms with Gasteiger partial charge in [0.2, 0.25) is 5.95 Å². The molecule has 2 rings (SSSR count). The third kappa shape index (κ3) is 2.21. The van der Waals surface area contributed by atoms with Crippen LogP contribution in [0.15, 0.2) is 23.2 Å². The molecule has 0 radical (unpaired) electrons. The molecule has 0 aromatic carbocycles. The summed E-state index contributed by atoms with van der Waals surface area (Å²) in [4.78, 5) is 3.38. The van der Waals surface area contributed by atoms with Gasteiger partial charge in [-0.2, -0.15) is 8.70 Å². The lowest BCUT2D eigenvalue weighted by Crippen LogP contribution is -2.40. The van der Waals surface area contributed by atoms with Gasteiger partial charge in [-0.25, -0.2) is 13.4 Å². The second kappa shape index (κ2) is 4.44. The Morgan fingerprint density at radius 1 is 1.31 bits per heavy atom. The predicted molar refractivity (Wildman–Crippen MR) is 53.8 cm³/mol. The number of hydrogen-bond donors (Lipinski definition) is 0. The lowest BCUT2D eigenvalue weighted by atomic mass is 10.5. The maximum absolute atomic E-state index is 12.8. The van der Waals surface area contributed by atoms with Gasteiger partial charge in [-0.1, -0.05) is 6.07 Å². The number of pyridine rings is 1. The van der Waals surface area contributed by atoms with Crippen molar-refractivity contribution >= 4 is 10.0 Å². The summed E-state index contributed by atoms with van der Waals surface area (Å²) in [6, 6.07) is 3.72. The van der Waals surface area contributed by atoms with Crippen LogP contribution in [-0.4, -0.2) is 44.0 Å². The van der Waals surface area contributed by atoms with Gasteiger partial charge >= 0.3 is 0 Å². The van der Waals surface area contributed by atoms with E-state index >= 15 is 0 Å². The molecule has 5 nitrogen and oxygen atoms in total. The molecule has 1 aliphatic rings. The van der Waals surface area contributed by atoms with Gasteiger partial charge in [-0.05, 0) is 12.1 Å². The van der Waals surface area contributed by atoms with Gasteiger partial charge in [0.1, 0.15) is 0 Å². The summed E-state index contributed by atoms with van der Waals surface area (Å²) in [6.07, 6.45) is 0. The molecule has 0 bridgehead atoms. The summed E-state index contributed by atoms with van der Waals surface area (Å²) < 4.78 is 43.1. The molecule has 1 aromatic heterocycles. The largest absolute Gasteiger partial charge is 0.379 e. The van der Waals surface area contributed by atoms with Crippen molar-refractivity contribution in [2.75, 3.05) is 26.3 Å². The first-order valence-corrected chi connectivity index (χ1v) is 6.25. The zero-order valence-corrected chi connectivity index (χ0v) is 9.28. The Morgan fingerprint density at radius 2 is 2.00 bits per heavy atom. The van der Waals surface area contributed by atoms with Crippen molar-refractivity contribution < 1.29 is 17.5 Å². The Morgan fingerprint density at radius 3 is 2.62 bits per heavy atom. The number of hydrogen-bond acceptors (Lipinski definition) is 4. The van der Waals surface area contributed by atoms with E-state index < -0.39 is 16.0 Å². The number of halogens is 1. The fourth-order valence-corrected chi connectivity index (χ4v) is 2.80. The van der Waals surface area contributed by atoms with E-state index in [2.05, 4.69) is 4.98 Å². The second-order valence-electron chi connectivity index (χ2n) is 3.32. The number of ether oxygens (including phenoxy) is 1. The molecule has 0 amide bonds. The molecule has 0 aliphatic carbocycles. The number of rotatable bonds is 2. The van der Waals surface area contributed by atoms with Gasteiger partial charge in [0.15, 0.2) is 5.03 Å². The van der Waals surface area contributed by atoms with E-state index in [9.17, 15) is 12.8 Å². The van der Waals surface area contributed by atoms with Crippen LogP contribution >= 0.6 is 0 Å². The maximum atomic E-state index is 12.8. The number of sulfonamides is 1. The molecule has 7 heteroatoms. The monoisotopic (exact) mass is 246 g/mol. The quantitative estimate of drug-likeness (QED) is 0.701. The first-order valence-electron chi connectivity index (χ1n) is 4.81. The van der Waals surface area contributed by atoms with E-state index in [1.54, 1.807) is 0 Å². The minimum atomic E-state index is -3.68. The Kier molecular flexibility index (Phi) is 3.17. The van der Waals surface area contributed by atoms with Crippen LogP contribution in [0.1, 0.15) is 0 Å². The minimum Gasteiger partial charge on any atom is -0.379 e. The summed E-state index contributed by atoms with van der Waals surface area (Å²) in [7, 11) is -3.68. The van der Waals surface area contributed by atoms with Gasteiger partial charge in [-0.15, -0.1) is 0 Å². The first kappa shape index (κ1) is 11.4. The van der Waals surface area contributed by atoms with Crippen molar-refractivity contribution in [1.29, 1.82) is 0 Å². The highest BCUT2D eigenvalue weighted by Crippen LogP contribution is 2.14. The topological polar surface area (TPSA) is 59.5 Å². The van der Waals surface area contributed by atoms with Gasteiger partial charge in [0.05, 0.1) is 13.2 Å². The molecule has 1 aliphatic heterocycles. The molecule has 88 valence electrons. The van der Waals surface area contributed by atoms with Crippen molar-refractivity contribution in [3.63, 3.8) is 0 Å². The van der Waals surface area contributed by atoms with Gasteiger partial charge in [0.25, 0.3) is 10.0 Å². The Bertz CT molecular complexity index is 471. The molecule has 1 aromatic rings. The van der Waals surface area contributed by atoms with E-state index in [0.717, 1.165) is 6.07 Å². The minimum absolute atomic E-state index is 0.255. The van der Waals surface area contributed by atoms with E-state index in [4.69, 9.17) is 4.74 Å². The summed E-state index contributed by atoms with van der Waals surface area (Å²) in [5, 5.41) is -0.255. The van der Waals surface area contributed by atoms with Crippen LogP contribution in [-0.2, 0) is 14.8 Å². The van der Waals surface area contributed by atoms with Gasteiger partial charge < -0.3 is 4.74 Å². The van der Waals surface area contributed by atoms with E-state index in [1.165, 1.54) is 16.4 Å². The van der Waals surface area contributed by atoms with Gasteiger partial charge in [0, 0.05) is 13.1 Å². The normalized spacial score (nSPS) is 18.6. The molecule has 2 heterocycles. The third-order valence-electron chi connectivity index (χ3n) is 2.26. The van der Waals surface area contributed by atoms with E-state index in [-0.39, 0.29) is 18.1 Å². The number of morpholine rings is 1. The molecule has 1 saturated heterocycles. The molecule has 0 saturated carbocycles. The molecule has 0 N–H and O–H groups in total. The molecule has 16 heavy (non-hydrogen) atoms. The Balaban J connectivity index is 2.30. The predicted octanol–water partition coefficient (Wildman–Crippen LogP) is 0.242. The molecule has 0 atom stereocenters. The molecule has 0 spiro atoms. The average molecular weight is 246 g/mol. The summed E-state index contributed by atoms with van der Waals surface area (Å²) >= 11 is 0. The SMILES string of the molecule is O=S(=O)(c1cccc(F)n1)N1CCOCC1. The summed E-state index contributed by atoms with van der Waals surface area (Å²) in [6.45, 7) is 1.27. The van der Waals surface area contributed by atoms with Crippen LogP contribution < -0.4 is 0 Å². The molecular formula is C9H11FN2O3S. The highest BCUT2D eigenvalue weighted by molar-refractivity contribution is 7.89. The Labute approximate surface area is 92.9 Å². The lowest BCUT2D eigenvalue weighted by molar-refractivity contribution is 0.0729. The summed E-state index contributed by atoms with van der Waals surface area (Å²) in [5.74, 6) is -0.797. The third-order valence-corrected chi connectivity index (χ3v) is 4.06. The molecular weight excluding hydrogens is 235 g/mol. The van der Waals surface area contributed by atoms with Crippen LogP contribution in [0.4, 0.5) is 4.39 Å². The van der Waals surface area contributed by atoms with Crippen LogP contribution in [0, 0.1) is 5.95 Å². The van der Waals surface area contributed by atoms with E-state index in [1.807, 2.05) is 0 Å².